The van der Waals surface area contributed by atoms with Crippen LogP contribution in [-0.2, 0) is 11.3 Å². The number of hydrogen-bond donors (Lipinski definition) is 2. The van der Waals surface area contributed by atoms with Gasteiger partial charge in [0.1, 0.15) is 0 Å². The molecule has 1 heterocycles. The minimum atomic E-state index is -0.0808. The molecule has 100 valence electrons. The average molecular weight is 279 g/mol. The van der Waals surface area contributed by atoms with Gasteiger partial charge in [0.15, 0.2) is 0 Å². The highest BCUT2D eigenvalue weighted by atomic mass is 35.5. The molecule has 0 aliphatic heterocycles. The van der Waals surface area contributed by atoms with E-state index in [1.165, 1.54) is 0 Å². The van der Waals surface area contributed by atoms with Crippen molar-refractivity contribution in [2.45, 2.75) is 6.54 Å². The molecule has 2 N–H and O–H groups in total. The molecule has 0 spiro atoms. The van der Waals surface area contributed by atoms with Crippen molar-refractivity contribution >= 4 is 23.2 Å². The summed E-state index contributed by atoms with van der Waals surface area (Å²) in [7, 11) is 0. The molecule has 0 radical (unpaired) electrons. The van der Waals surface area contributed by atoms with E-state index in [0.29, 0.717) is 11.6 Å². The van der Waals surface area contributed by atoms with E-state index in [2.05, 4.69) is 15.7 Å². The number of amides is 1. The Kier molecular flexibility index (Phi) is 4.94. The van der Waals surface area contributed by atoms with Crippen LogP contribution in [-0.4, -0.2) is 28.8 Å². The monoisotopic (exact) mass is 278 g/mol. The SMILES string of the molecule is O=C(CNCCn1cccn1)Nc1ccc(Cl)cc1. The summed E-state index contributed by atoms with van der Waals surface area (Å²) in [6.45, 7) is 1.70. The molecule has 0 aliphatic rings. The molecule has 0 aliphatic carbocycles. The molecule has 0 bridgehead atoms. The molecule has 1 aromatic heterocycles. The highest BCUT2D eigenvalue weighted by Gasteiger charge is 2.01. The largest absolute Gasteiger partial charge is 0.325 e. The lowest BCUT2D eigenvalue weighted by Gasteiger charge is -2.07. The van der Waals surface area contributed by atoms with Gasteiger partial charge < -0.3 is 10.6 Å². The van der Waals surface area contributed by atoms with Crippen molar-refractivity contribution < 1.29 is 4.79 Å². The second-order valence-corrected chi connectivity index (χ2v) is 4.44. The Hall–Kier alpha value is -1.85. The van der Waals surface area contributed by atoms with Crippen molar-refractivity contribution in [3.05, 3.63) is 47.7 Å². The molecular weight excluding hydrogens is 264 g/mol. The fraction of sp³-hybridized carbons (Fsp3) is 0.231. The van der Waals surface area contributed by atoms with E-state index in [4.69, 9.17) is 11.6 Å². The van der Waals surface area contributed by atoms with E-state index in [1.54, 1.807) is 30.5 Å². The summed E-state index contributed by atoms with van der Waals surface area (Å²) in [6, 6.07) is 8.88. The predicted octanol–water partition coefficient (Wildman–Crippen LogP) is 1.76. The first-order valence-corrected chi connectivity index (χ1v) is 6.35. The first-order valence-electron chi connectivity index (χ1n) is 5.97. The summed E-state index contributed by atoms with van der Waals surface area (Å²) >= 11 is 5.77. The van der Waals surface area contributed by atoms with Gasteiger partial charge in [0.2, 0.25) is 5.91 Å². The molecule has 19 heavy (non-hydrogen) atoms. The van der Waals surface area contributed by atoms with E-state index in [-0.39, 0.29) is 12.5 Å². The first kappa shape index (κ1) is 13.6. The van der Waals surface area contributed by atoms with Crippen LogP contribution >= 0.6 is 11.6 Å². The fourth-order valence-electron chi connectivity index (χ4n) is 1.57. The number of anilines is 1. The lowest BCUT2D eigenvalue weighted by atomic mass is 10.3. The van der Waals surface area contributed by atoms with Gasteiger partial charge in [-0.25, -0.2) is 0 Å². The van der Waals surface area contributed by atoms with Gasteiger partial charge in [0.25, 0.3) is 0 Å². The number of nitrogens with one attached hydrogen (secondary N) is 2. The van der Waals surface area contributed by atoms with Gasteiger partial charge in [0.05, 0.1) is 13.1 Å². The van der Waals surface area contributed by atoms with Gasteiger partial charge in [-0.3, -0.25) is 9.48 Å². The highest BCUT2D eigenvalue weighted by Crippen LogP contribution is 2.12. The van der Waals surface area contributed by atoms with E-state index in [0.717, 1.165) is 12.2 Å². The van der Waals surface area contributed by atoms with E-state index in [9.17, 15) is 4.79 Å². The van der Waals surface area contributed by atoms with Crippen LogP contribution in [0.1, 0.15) is 0 Å². The number of halogens is 1. The van der Waals surface area contributed by atoms with Gasteiger partial charge >= 0.3 is 0 Å². The van der Waals surface area contributed by atoms with Crippen molar-refractivity contribution in [3.8, 4) is 0 Å². The summed E-state index contributed by atoms with van der Waals surface area (Å²) in [6.07, 6.45) is 3.61. The van der Waals surface area contributed by atoms with E-state index in [1.807, 2.05) is 16.9 Å². The minimum Gasteiger partial charge on any atom is -0.325 e. The molecule has 5 nitrogen and oxygen atoms in total. The second-order valence-electron chi connectivity index (χ2n) is 4.00. The smallest absolute Gasteiger partial charge is 0.238 e. The molecule has 0 saturated carbocycles. The number of carbonyl (C=O) groups is 1. The van der Waals surface area contributed by atoms with Crippen molar-refractivity contribution in [2.24, 2.45) is 0 Å². The second kappa shape index (κ2) is 6.92. The maximum Gasteiger partial charge on any atom is 0.238 e. The third-order valence-corrected chi connectivity index (χ3v) is 2.74. The number of nitrogens with zero attached hydrogens (tertiary/aromatic N) is 2. The molecule has 1 amide bonds. The molecule has 0 saturated heterocycles. The van der Waals surface area contributed by atoms with Crippen LogP contribution in [0.15, 0.2) is 42.7 Å². The lowest BCUT2D eigenvalue weighted by Crippen LogP contribution is -2.30. The zero-order chi connectivity index (χ0) is 13.5. The number of hydrogen-bond acceptors (Lipinski definition) is 3. The van der Waals surface area contributed by atoms with Gasteiger partial charge in [-0.05, 0) is 30.3 Å². The highest BCUT2D eigenvalue weighted by molar-refractivity contribution is 6.30. The van der Waals surface area contributed by atoms with Crippen molar-refractivity contribution in [1.29, 1.82) is 0 Å². The van der Waals surface area contributed by atoms with Gasteiger partial charge in [-0.15, -0.1) is 0 Å². The summed E-state index contributed by atoms with van der Waals surface area (Å²) in [5.41, 5.74) is 0.739. The zero-order valence-corrected chi connectivity index (χ0v) is 11.1. The van der Waals surface area contributed by atoms with Crippen LogP contribution in [0.25, 0.3) is 0 Å². The Morgan fingerprint density at radius 1 is 1.32 bits per heavy atom. The van der Waals surface area contributed by atoms with Crippen LogP contribution < -0.4 is 10.6 Å². The quantitative estimate of drug-likeness (QED) is 0.792. The van der Waals surface area contributed by atoms with Crippen LogP contribution in [0, 0.1) is 0 Å². The minimum absolute atomic E-state index is 0.0808. The summed E-state index contributed by atoms with van der Waals surface area (Å²) < 4.78 is 1.81. The fourth-order valence-corrected chi connectivity index (χ4v) is 1.69. The van der Waals surface area contributed by atoms with Crippen LogP contribution in [0.4, 0.5) is 5.69 Å². The van der Waals surface area contributed by atoms with Gasteiger partial charge in [0, 0.05) is 29.6 Å². The Morgan fingerprint density at radius 2 is 2.11 bits per heavy atom. The molecule has 6 heteroatoms. The third-order valence-electron chi connectivity index (χ3n) is 2.49. The molecule has 0 unspecified atom stereocenters. The van der Waals surface area contributed by atoms with E-state index >= 15 is 0 Å². The molecular formula is C13H15ClN4O. The van der Waals surface area contributed by atoms with Crippen molar-refractivity contribution in [3.63, 3.8) is 0 Å². The number of benzene rings is 1. The predicted molar refractivity (Wildman–Crippen MR) is 75.2 cm³/mol. The van der Waals surface area contributed by atoms with Gasteiger partial charge in [-0.2, -0.15) is 5.10 Å². The Labute approximate surface area is 116 Å². The molecule has 1 aromatic carbocycles. The normalized spacial score (nSPS) is 10.4. The maximum absolute atomic E-state index is 11.6. The molecule has 0 fully saturated rings. The number of carbonyl (C=O) groups excluding carboxylic acids is 1. The van der Waals surface area contributed by atoms with Crippen molar-refractivity contribution in [1.82, 2.24) is 15.1 Å². The van der Waals surface area contributed by atoms with Gasteiger partial charge in [-0.1, -0.05) is 11.6 Å². The maximum atomic E-state index is 11.6. The standard InChI is InChI=1S/C13H15ClN4O/c14-11-2-4-12(5-3-11)17-13(19)10-15-7-9-18-8-1-6-16-18/h1-6,8,15H,7,9-10H2,(H,17,19). The first-order chi connectivity index (χ1) is 9.24. The summed E-state index contributed by atoms with van der Waals surface area (Å²) in [5.74, 6) is -0.0808. The lowest BCUT2D eigenvalue weighted by molar-refractivity contribution is -0.115. The third kappa shape index (κ3) is 4.73. The molecule has 2 rings (SSSR count). The van der Waals surface area contributed by atoms with Crippen LogP contribution in [0.2, 0.25) is 5.02 Å². The average Bonchev–Trinajstić information content (AvgIpc) is 2.91. The van der Waals surface area contributed by atoms with Crippen LogP contribution in [0.3, 0.4) is 0 Å². The summed E-state index contributed by atoms with van der Waals surface area (Å²) in [5, 5.41) is 10.6. The number of aromatic nitrogens is 2. The van der Waals surface area contributed by atoms with Crippen molar-refractivity contribution in [2.75, 3.05) is 18.4 Å². The topological polar surface area (TPSA) is 59.0 Å². The Balaban J connectivity index is 1.65. The van der Waals surface area contributed by atoms with Crippen LogP contribution in [0.5, 0.6) is 0 Å². The Morgan fingerprint density at radius 3 is 2.79 bits per heavy atom. The van der Waals surface area contributed by atoms with E-state index < -0.39 is 0 Å². The molecule has 2 aromatic rings. The zero-order valence-electron chi connectivity index (χ0n) is 10.3. The molecule has 0 atom stereocenters. The Bertz CT molecular complexity index is 510. The summed E-state index contributed by atoms with van der Waals surface area (Å²) in [4.78, 5) is 11.6. The number of rotatable bonds is 6.